The number of hydrogen-bond donors (Lipinski definition) is 8. The van der Waals surface area contributed by atoms with E-state index in [1.54, 1.807) is 11.8 Å². The molecule has 0 saturated carbocycles. The number of nitrogens with zero attached hydrogens (tertiary/aromatic N) is 2. The quantitative estimate of drug-likeness (QED) is 0.101. The highest BCUT2D eigenvalue weighted by Gasteiger charge is 2.37. The van der Waals surface area contributed by atoms with E-state index in [1.807, 2.05) is 0 Å². The number of phenolic OH excluding ortho intramolecular Hbond substituents is 6. The van der Waals surface area contributed by atoms with E-state index in [0.717, 1.165) is 0 Å². The maximum absolute atomic E-state index is 13.7. The summed E-state index contributed by atoms with van der Waals surface area (Å²) in [4.78, 5) is 44.6. The Balaban J connectivity index is 1.38. The van der Waals surface area contributed by atoms with Crippen molar-refractivity contribution in [3.63, 3.8) is 0 Å². The van der Waals surface area contributed by atoms with Crippen molar-refractivity contribution in [3.05, 3.63) is 71.3 Å². The summed E-state index contributed by atoms with van der Waals surface area (Å²) in [6, 6.07) is 11.5. The highest BCUT2D eigenvalue weighted by atomic mass is 16.5. The van der Waals surface area contributed by atoms with Crippen LogP contribution in [-0.4, -0.2) is 97.5 Å². The molecule has 1 aliphatic rings. The van der Waals surface area contributed by atoms with E-state index in [-0.39, 0.29) is 60.4 Å². The van der Waals surface area contributed by atoms with Gasteiger partial charge in [-0.25, -0.2) is 4.99 Å². The Kier molecular flexibility index (Phi) is 10.8. The molecule has 0 aliphatic carbocycles. The minimum absolute atomic E-state index is 0.00954. The van der Waals surface area contributed by atoms with Crippen LogP contribution in [0.4, 0.5) is 0 Å². The van der Waals surface area contributed by atoms with Gasteiger partial charge in [-0.1, -0.05) is 18.2 Å². The summed E-state index contributed by atoms with van der Waals surface area (Å²) in [5, 5.41) is 64.7. The largest absolute Gasteiger partial charge is 0.504 e. The third-order valence-electron chi connectivity index (χ3n) is 7.36. The fraction of sp³-hybridized carbons (Fsp3) is 0.312. The number of unbranched alkanes of at least 4 members (excludes halogenated alkanes) is 1. The molecule has 244 valence electrons. The first-order valence-electron chi connectivity index (χ1n) is 14.6. The maximum Gasteiger partial charge on any atom is 0.255 e. The van der Waals surface area contributed by atoms with Crippen LogP contribution >= 0.6 is 0 Å². The molecule has 0 spiro atoms. The van der Waals surface area contributed by atoms with Gasteiger partial charge in [0.1, 0.15) is 6.10 Å². The second-order valence-electron chi connectivity index (χ2n) is 10.6. The van der Waals surface area contributed by atoms with Crippen molar-refractivity contribution in [2.45, 2.75) is 38.3 Å². The molecule has 4 rings (SSSR count). The molecule has 14 nitrogen and oxygen atoms in total. The lowest BCUT2D eigenvalue weighted by atomic mass is 10.1. The topological polar surface area (TPSA) is 221 Å². The average Bonchev–Trinajstić information content (AvgIpc) is 3.42. The molecule has 3 aromatic rings. The molecule has 1 aliphatic heterocycles. The number of nitrogens with one attached hydrogen (secondary N) is 2. The number of para-hydroxylation sites is 3. The predicted molar refractivity (Wildman–Crippen MR) is 165 cm³/mol. The molecule has 0 unspecified atom stereocenters. The zero-order valence-corrected chi connectivity index (χ0v) is 25.0. The third kappa shape index (κ3) is 7.70. The number of benzene rings is 3. The summed E-state index contributed by atoms with van der Waals surface area (Å²) in [6.07, 6.45) is 0.573. The van der Waals surface area contributed by atoms with Crippen LogP contribution in [0.1, 0.15) is 52.5 Å². The van der Waals surface area contributed by atoms with Gasteiger partial charge in [-0.3, -0.25) is 14.4 Å². The van der Waals surface area contributed by atoms with Crippen molar-refractivity contribution in [2.75, 3.05) is 26.2 Å². The van der Waals surface area contributed by atoms with Crippen molar-refractivity contribution in [3.8, 4) is 34.5 Å². The Bertz CT molecular complexity index is 1630. The number of aliphatic imine (C=N–C) groups is 1. The monoisotopic (exact) mass is 636 g/mol. The number of carbonyl (C=O) groups is 3. The second kappa shape index (κ2) is 14.9. The summed E-state index contributed by atoms with van der Waals surface area (Å²) in [7, 11) is 0. The normalized spacial score (nSPS) is 15.5. The SMILES string of the molecule is C[C@H]1OC(c2cccc(O)c2O)=N[C@@H]1C(=O)N(CCCCNC(=O)c1cccc(O)c1O)CCCNC(=O)c1cccc(O)c1O. The highest BCUT2D eigenvalue weighted by molar-refractivity contribution is 6.01. The Morgan fingerprint density at radius 3 is 1.80 bits per heavy atom. The molecule has 3 aromatic carbocycles. The number of amides is 3. The van der Waals surface area contributed by atoms with E-state index >= 15 is 0 Å². The van der Waals surface area contributed by atoms with Gasteiger partial charge in [0, 0.05) is 26.2 Å². The number of phenols is 6. The van der Waals surface area contributed by atoms with Crippen LogP contribution in [0, 0.1) is 0 Å². The van der Waals surface area contributed by atoms with Gasteiger partial charge in [-0.2, -0.15) is 0 Å². The standard InChI is InChI=1S/C32H36N4O10/c1-18-25(35-31(46-18)21-10-6-13-24(39)28(21)42)32(45)36(17-7-15-34-30(44)20-9-5-12-23(38)27(20)41)16-3-2-14-33-29(43)19-8-4-11-22(37)26(19)40/h4-6,8-13,18,25,37-42H,2-3,7,14-17H2,1H3,(H,33,43)(H,34,44)/t18-,25+/m1/s1. The molecule has 0 radical (unpaired) electrons. The van der Waals surface area contributed by atoms with E-state index < -0.39 is 52.7 Å². The number of ether oxygens (including phenoxy) is 1. The maximum atomic E-state index is 13.7. The van der Waals surface area contributed by atoms with Gasteiger partial charge >= 0.3 is 0 Å². The van der Waals surface area contributed by atoms with E-state index in [0.29, 0.717) is 19.3 Å². The molecule has 0 bridgehead atoms. The Hall–Kier alpha value is -5.66. The van der Waals surface area contributed by atoms with Crippen LogP contribution in [0.3, 0.4) is 0 Å². The van der Waals surface area contributed by atoms with Crippen LogP contribution in [-0.2, 0) is 9.53 Å². The lowest BCUT2D eigenvalue weighted by Gasteiger charge is -2.26. The minimum Gasteiger partial charge on any atom is -0.504 e. The van der Waals surface area contributed by atoms with Gasteiger partial charge in [0.05, 0.1) is 16.7 Å². The average molecular weight is 637 g/mol. The predicted octanol–water partition coefficient (Wildman–Crippen LogP) is 2.31. The van der Waals surface area contributed by atoms with Crippen molar-refractivity contribution >= 4 is 23.6 Å². The molecule has 1 heterocycles. The fourth-order valence-electron chi connectivity index (χ4n) is 4.84. The van der Waals surface area contributed by atoms with Gasteiger partial charge < -0.3 is 50.9 Å². The smallest absolute Gasteiger partial charge is 0.255 e. The first kappa shape index (κ1) is 33.2. The van der Waals surface area contributed by atoms with Crippen LogP contribution < -0.4 is 10.6 Å². The van der Waals surface area contributed by atoms with Crippen LogP contribution in [0.5, 0.6) is 34.5 Å². The number of hydrogen-bond acceptors (Lipinski definition) is 11. The van der Waals surface area contributed by atoms with Crippen molar-refractivity contribution in [2.24, 2.45) is 4.99 Å². The molecule has 8 N–H and O–H groups in total. The van der Waals surface area contributed by atoms with Crippen LogP contribution in [0.25, 0.3) is 0 Å². The van der Waals surface area contributed by atoms with E-state index in [2.05, 4.69) is 15.6 Å². The molecule has 0 saturated heterocycles. The van der Waals surface area contributed by atoms with Gasteiger partial charge in [0.2, 0.25) is 5.90 Å². The van der Waals surface area contributed by atoms with E-state index in [1.165, 1.54) is 54.6 Å². The summed E-state index contributed by atoms with van der Waals surface area (Å²) in [6.45, 7) is 2.50. The first-order chi connectivity index (χ1) is 22.0. The zero-order chi connectivity index (χ0) is 33.4. The van der Waals surface area contributed by atoms with E-state index in [9.17, 15) is 45.0 Å². The van der Waals surface area contributed by atoms with Gasteiger partial charge in [-0.05, 0) is 62.6 Å². The molecule has 2 atom stereocenters. The molecule has 14 heteroatoms. The summed E-state index contributed by atoms with van der Waals surface area (Å²) in [5.74, 6) is -4.20. The van der Waals surface area contributed by atoms with Gasteiger partial charge in [-0.15, -0.1) is 0 Å². The number of carbonyl (C=O) groups excluding carboxylic acids is 3. The first-order valence-corrected chi connectivity index (χ1v) is 14.6. The van der Waals surface area contributed by atoms with Crippen LogP contribution in [0.15, 0.2) is 59.6 Å². The zero-order valence-electron chi connectivity index (χ0n) is 25.0. The molecular weight excluding hydrogens is 600 g/mol. The second-order valence-corrected chi connectivity index (χ2v) is 10.6. The van der Waals surface area contributed by atoms with Crippen LogP contribution in [0.2, 0.25) is 0 Å². The summed E-state index contributed by atoms with van der Waals surface area (Å²) in [5.41, 5.74) is -0.0253. The number of aromatic hydroxyl groups is 6. The summed E-state index contributed by atoms with van der Waals surface area (Å²) >= 11 is 0. The highest BCUT2D eigenvalue weighted by Crippen LogP contribution is 2.32. The van der Waals surface area contributed by atoms with Gasteiger partial charge in [0.15, 0.2) is 40.5 Å². The fourth-order valence-corrected chi connectivity index (χ4v) is 4.84. The summed E-state index contributed by atoms with van der Waals surface area (Å²) < 4.78 is 5.77. The Morgan fingerprint density at radius 2 is 1.22 bits per heavy atom. The third-order valence-corrected chi connectivity index (χ3v) is 7.36. The van der Waals surface area contributed by atoms with Crippen molar-refractivity contribution in [1.82, 2.24) is 15.5 Å². The molecule has 0 aromatic heterocycles. The van der Waals surface area contributed by atoms with Crippen molar-refractivity contribution in [1.29, 1.82) is 0 Å². The Morgan fingerprint density at radius 1 is 0.717 bits per heavy atom. The molecular formula is C32H36N4O10. The lowest BCUT2D eigenvalue weighted by Crippen LogP contribution is -2.43. The van der Waals surface area contributed by atoms with Gasteiger partial charge in [0.25, 0.3) is 17.7 Å². The van der Waals surface area contributed by atoms with Crippen molar-refractivity contribution < 1.29 is 49.8 Å². The Labute approximate surface area is 264 Å². The number of rotatable bonds is 13. The minimum atomic E-state index is -0.955. The molecule has 46 heavy (non-hydrogen) atoms. The molecule has 0 fully saturated rings. The molecule has 3 amide bonds. The lowest BCUT2D eigenvalue weighted by molar-refractivity contribution is -0.134. The van der Waals surface area contributed by atoms with E-state index in [4.69, 9.17) is 4.74 Å².